The van der Waals surface area contributed by atoms with E-state index in [0.717, 1.165) is 26.1 Å². The minimum atomic E-state index is 0.212. The van der Waals surface area contributed by atoms with Crippen molar-refractivity contribution in [3.05, 3.63) is 0 Å². The van der Waals surface area contributed by atoms with E-state index in [1.807, 2.05) is 0 Å². The largest absolute Gasteiger partial charge is 0.381 e. The summed E-state index contributed by atoms with van der Waals surface area (Å²) < 4.78 is 5.40. The second-order valence-corrected chi connectivity index (χ2v) is 5.85. The van der Waals surface area contributed by atoms with Gasteiger partial charge in [-0.1, -0.05) is 6.92 Å². The summed E-state index contributed by atoms with van der Waals surface area (Å²) in [7, 11) is 0. The molecule has 4 heteroatoms. The Labute approximate surface area is 102 Å². The van der Waals surface area contributed by atoms with Crippen molar-refractivity contribution in [3.8, 4) is 0 Å². The van der Waals surface area contributed by atoms with E-state index in [1.165, 1.54) is 12.8 Å². The minimum absolute atomic E-state index is 0.212. The van der Waals surface area contributed by atoms with Gasteiger partial charge in [0.15, 0.2) is 0 Å². The minimum Gasteiger partial charge on any atom is -0.381 e. The van der Waals surface area contributed by atoms with E-state index >= 15 is 0 Å². The lowest BCUT2D eigenvalue weighted by Gasteiger charge is -2.31. The van der Waals surface area contributed by atoms with Gasteiger partial charge >= 0.3 is 0 Å². The molecule has 0 aromatic carbocycles. The molecule has 3 heterocycles. The Balaban J connectivity index is 1.56. The molecule has 3 fully saturated rings. The molecule has 17 heavy (non-hydrogen) atoms. The van der Waals surface area contributed by atoms with Crippen LogP contribution in [0.15, 0.2) is 0 Å². The maximum Gasteiger partial charge on any atom is 0.224 e. The van der Waals surface area contributed by atoms with Crippen LogP contribution in [0.3, 0.4) is 0 Å². The highest BCUT2D eigenvalue weighted by Gasteiger charge is 2.43. The predicted octanol–water partition coefficient (Wildman–Crippen LogP) is 0.668. The number of hydrogen-bond acceptors (Lipinski definition) is 3. The second kappa shape index (κ2) is 4.58. The Bertz CT molecular complexity index is 308. The SMILES string of the molecule is CC1COCCC1NC(=O)C1CC2CCC1N2. The molecule has 5 atom stereocenters. The number of amides is 1. The van der Waals surface area contributed by atoms with Crippen LogP contribution in [0.1, 0.15) is 32.6 Å². The number of hydrogen-bond donors (Lipinski definition) is 2. The van der Waals surface area contributed by atoms with Gasteiger partial charge in [-0.15, -0.1) is 0 Å². The van der Waals surface area contributed by atoms with Crippen molar-refractivity contribution >= 4 is 5.91 Å². The van der Waals surface area contributed by atoms with Gasteiger partial charge in [0.1, 0.15) is 0 Å². The molecule has 0 aromatic rings. The Morgan fingerprint density at radius 3 is 2.88 bits per heavy atom. The maximum absolute atomic E-state index is 12.3. The fourth-order valence-electron chi connectivity index (χ4n) is 3.50. The van der Waals surface area contributed by atoms with Crippen molar-refractivity contribution in [1.82, 2.24) is 10.6 Å². The Morgan fingerprint density at radius 2 is 2.24 bits per heavy atom. The van der Waals surface area contributed by atoms with E-state index in [0.29, 0.717) is 24.0 Å². The number of nitrogens with one attached hydrogen (secondary N) is 2. The monoisotopic (exact) mass is 238 g/mol. The van der Waals surface area contributed by atoms with Gasteiger partial charge in [-0.25, -0.2) is 0 Å². The van der Waals surface area contributed by atoms with E-state index in [1.54, 1.807) is 0 Å². The first-order valence-electron chi connectivity index (χ1n) is 6.88. The van der Waals surface area contributed by atoms with Crippen molar-refractivity contribution in [2.75, 3.05) is 13.2 Å². The predicted molar refractivity (Wildman–Crippen MR) is 64.6 cm³/mol. The molecule has 0 aromatic heterocycles. The zero-order chi connectivity index (χ0) is 11.8. The summed E-state index contributed by atoms with van der Waals surface area (Å²) in [4.78, 5) is 12.3. The quantitative estimate of drug-likeness (QED) is 0.743. The van der Waals surface area contributed by atoms with Crippen LogP contribution in [0.4, 0.5) is 0 Å². The van der Waals surface area contributed by atoms with Gasteiger partial charge in [-0.2, -0.15) is 0 Å². The summed E-state index contributed by atoms with van der Waals surface area (Å²) in [6.45, 7) is 3.72. The van der Waals surface area contributed by atoms with Crippen LogP contribution in [0, 0.1) is 11.8 Å². The molecule has 0 radical (unpaired) electrons. The van der Waals surface area contributed by atoms with Gasteiger partial charge in [0.25, 0.3) is 0 Å². The van der Waals surface area contributed by atoms with Crippen LogP contribution in [-0.2, 0) is 9.53 Å². The smallest absolute Gasteiger partial charge is 0.224 e. The van der Waals surface area contributed by atoms with Crippen LogP contribution >= 0.6 is 0 Å². The Kier molecular flexibility index (Phi) is 3.09. The summed E-state index contributed by atoms with van der Waals surface area (Å²) in [6, 6.07) is 1.35. The maximum atomic E-state index is 12.3. The fourth-order valence-corrected chi connectivity index (χ4v) is 3.50. The molecule has 5 unspecified atom stereocenters. The number of carbonyl (C=O) groups excluding carboxylic acids is 1. The summed E-state index contributed by atoms with van der Waals surface area (Å²) in [6.07, 6.45) is 4.42. The fraction of sp³-hybridized carbons (Fsp3) is 0.923. The van der Waals surface area contributed by atoms with Gasteiger partial charge in [0.2, 0.25) is 5.91 Å². The van der Waals surface area contributed by atoms with Gasteiger partial charge in [0, 0.05) is 24.7 Å². The van der Waals surface area contributed by atoms with Crippen molar-refractivity contribution in [1.29, 1.82) is 0 Å². The summed E-state index contributed by atoms with van der Waals surface area (Å²) in [5.74, 6) is 0.923. The standard InChI is InChI=1S/C13H22N2O2/c1-8-7-17-5-4-11(8)15-13(16)10-6-9-2-3-12(10)14-9/h8-12,14H,2-7H2,1H3,(H,15,16). The van der Waals surface area contributed by atoms with Crippen LogP contribution in [0.5, 0.6) is 0 Å². The molecule has 3 aliphatic heterocycles. The number of rotatable bonds is 2. The van der Waals surface area contributed by atoms with Gasteiger partial charge in [-0.05, 0) is 31.6 Å². The normalized spacial score (nSPS) is 44.9. The molecular formula is C13H22N2O2. The average Bonchev–Trinajstić information content (AvgIpc) is 2.94. The van der Waals surface area contributed by atoms with Gasteiger partial charge in [0.05, 0.1) is 12.5 Å². The highest BCUT2D eigenvalue weighted by atomic mass is 16.5. The molecule has 2 bridgehead atoms. The van der Waals surface area contributed by atoms with Gasteiger partial charge in [-0.3, -0.25) is 4.79 Å². The molecule has 0 saturated carbocycles. The third kappa shape index (κ3) is 2.20. The third-order valence-corrected chi connectivity index (χ3v) is 4.61. The molecule has 3 saturated heterocycles. The highest BCUT2D eigenvalue weighted by Crippen LogP contribution is 2.33. The molecule has 3 aliphatic rings. The van der Waals surface area contributed by atoms with E-state index in [4.69, 9.17) is 4.74 Å². The summed E-state index contributed by atoms with van der Waals surface area (Å²) in [5.41, 5.74) is 0. The van der Waals surface area contributed by atoms with Crippen molar-refractivity contribution in [3.63, 3.8) is 0 Å². The zero-order valence-corrected chi connectivity index (χ0v) is 10.4. The molecule has 4 nitrogen and oxygen atoms in total. The lowest BCUT2D eigenvalue weighted by molar-refractivity contribution is -0.127. The van der Waals surface area contributed by atoms with Crippen LogP contribution in [0.2, 0.25) is 0 Å². The second-order valence-electron chi connectivity index (χ2n) is 5.85. The van der Waals surface area contributed by atoms with Crippen molar-refractivity contribution < 1.29 is 9.53 Å². The van der Waals surface area contributed by atoms with Crippen molar-refractivity contribution in [2.24, 2.45) is 11.8 Å². The lowest BCUT2D eigenvalue weighted by Crippen LogP contribution is -2.48. The summed E-state index contributed by atoms with van der Waals surface area (Å²) in [5, 5.41) is 6.76. The third-order valence-electron chi connectivity index (χ3n) is 4.61. The molecule has 0 spiro atoms. The van der Waals surface area contributed by atoms with E-state index in [2.05, 4.69) is 17.6 Å². The average molecular weight is 238 g/mol. The molecular weight excluding hydrogens is 216 g/mol. The number of ether oxygens (including phenoxy) is 1. The van der Waals surface area contributed by atoms with Crippen molar-refractivity contribution in [2.45, 2.75) is 50.7 Å². The molecule has 2 N–H and O–H groups in total. The molecule has 1 amide bonds. The van der Waals surface area contributed by atoms with Gasteiger partial charge < -0.3 is 15.4 Å². The van der Waals surface area contributed by atoms with E-state index in [-0.39, 0.29) is 11.8 Å². The first-order chi connectivity index (χ1) is 8.24. The van der Waals surface area contributed by atoms with E-state index < -0.39 is 0 Å². The Morgan fingerprint density at radius 1 is 1.35 bits per heavy atom. The van der Waals surface area contributed by atoms with Crippen LogP contribution in [-0.4, -0.2) is 37.2 Å². The van der Waals surface area contributed by atoms with Crippen LogP contribution in [0.25, 0.3) is 0 Å². The summed E-state index contributed by atoms with van der Waals surface area (Å²) >= 11 is 0. The zero-order valence-electron chi connectivity index (χ0n) is 10.4. The molecule has 3 rings (SSSR count). The number of carbonyl (C=O) groups is 1. The van der Waals surface area contributed by atoms with Crippen LogP contribution < -0.4 is 10.6 Å². The topological polar surface area (TPSA) is 50.4 Å². The number of fused-ring (bicyclic) bond motifs is 2. The molecule has 96 valence electrons. The first-order valence-corrected chi connectivity index (χ1v) is 6.88. The Hall–Kier alpha value is -0.610. The first kappa shape index (κ1) is 11.5. The highest BCUT2D eigenvalue weighted by molar-refractivity contribution is 5.80. The molecule has 0 aliphatic carbocycles. The van der Waals surface area contributed by atoms with E-state index in [9.17, 15) is 4.79 Å². The lowest BCUT2D eigenvalue weighted by atomic mass is 9.87.